The second kappa shape index (κ2) is 11.4. The van der Waals surface area contributed by atoms with Gasteiger partial charge in [-0.2, -0.15) is 0 Å². The maximum Gasteiger partial charge on any atom is 0.191 e. The van der Waals surface area contributed by atoms with Gasteiger partial charge in [-0.05, 0) is 42.3 Å². The van der Waals surface area contributed by atoms with Crippen molar-refractivity contribution in [1.29, 1.82) is 0 Å². The molecular formula is C20H27ClN4O. The van der Waals surface area contributed by atoms with Gasteiger partial charge in [-0.15, -0.1) is 0 Å². The monoisotopic (exact) mass is 374 g/mol. The molecule has 0 aliphatic rings. The SMILES string of the molecule is CCNC(=NCc1cccc(Cl)c1)NCc1ccc(NCCOC)cc1. The quantitative estimate of drug-likeness (QED) is 0.356. The van der Waals surface area contributed by atoms with Crippen molar-refractivity contribution >= 4 is 23.2 Å². The van der Waals surface area contributed by atoms with Crippen LogP contribution < -0.4 is 16.0 Å². The number of hydrogen-bond acceptors (Lipinski definition) is 3. The van der Waals surface area contributed by atoms with Gasteiger partial charge in [-0.3, -0.25) is 0 Å². The smallest absolute Gasteiger partial charge is 0.191 e. The Morgan fingerprint density at radius 2 is 1.88 bits per heavy atom. The number of anilines is 1. The molecule has 0 aliphatic heterocycles. The molecule has 2 rings (SSSR count). The number of halogens is 1. The molecule has 3 N–H and O–H groups in total. The van der Waals surface area contributed by atoms with Crippen LogP contribution in [0.15, 0.2) is 53.5 Å². The number of nitrogens with one attached hydrogen (secondary N) is 3. The van der Waals surface area contributed by atoms with Crippen molar-refractivity contribution in [2.75, 3.05) is 32.1 Å². The molecule has 0 fully saturated rings. The first-order chi connectivity index (χ1) is 12.7. The lowest BCUT2D eigenvalue weighted by atomic mass is 10.2. The predicted octanol–water partition coefficient (Wildman–Crippen LogP) is 3.65. The molecule has 0 unspecified atom stereocenters. The normalized spacial score (nSPS) is 11.3. The number of rotatable bonds is 9. The minimum absolute atomic E-state index is 0.582. The second-order valence-corrected chi connectivity index (χ2v) is 6.23. The zero-order valence-corrected chi connectivity index (χ0v) is 16.1. The Morgan fingerprint density at radius 1 is 1.08 bits per heavy atom. The van der Waals surface area contributed by atoms with E-state index in [1.807, 2.05) is 24.3 Å². The molecule has 0 saturated carbocycles. The highest BCUT2D eigenvalue weighted by Gasteiger charge is 2.00. The number of guanidine groups is 1. The van der Waals surface area contributed by atoms with Crippen LogP contribution in [0.3, 0.4) is 0 Å². The molecule has 0 aliphatic carbocycles. The van der Waals surface area contributed by atoms with Crippen LogP contribution in [0.1, 0.15) is 18.1 Å². The molecule has 0 saturated heterocycles. The standard InChI is InChI=1S/C20H27ClN4O/c1-3-22-20(25-15-17-5-4-6-18(21)13-17)24-14-16-7-9-19(10-8-16)23-11-12-26-2/h4-10,13,23H,3,11-12,14-15H2,1-2H3,(H2,22,24,25). The Balaban J connectivity index is 1.88. The first-order valence-corrected chi connectivity index (χ1v) is 9.17. The van der Waals surface area contributed by atoms with Gasteiger partial charge in [0, 0.05) is 37.5 Å². The fourth-order valence-electron chi connectivity index (χ4n) is 2.37. The minimum atomic E-state index is 0.582. The molecule has 0 spiro atoms. The minimum Gasteiger partial charge on any atom is -0.383 e. The first kappa shape index (κ1) is 20.1. The highest BCUT2D eigenvalue weighted by molar-refractivity contribution is 6.30. The lowest BCUT2D eigenvalue weighted by Crippen LogP contribution is -2.36. The van der Waals surface area contributed by atoms with Gasteiger partial charge >= 0.3 is 0 Å². The predicted molar refractivity (Wildman–Crippen MR) is 110 cm³/mol. The Hall–Kier alpha value is -2.24. The van der Waals surface area contributed by atoms with Crippen LogP contribution in [0.5, 0.6) is 0 Å². The van der Waals surface area contributed by atoms with Gasteiger partial charge in [0.2, 0.25) is 0 Å². The molecule has 5 nitrogen and oxygen atoms in total. The van der Waals surface area contributed by atoms with E-state index >= 15 is 0 Å². The Labute approximate surface area is 160 Å². The molecule has 26 heavy (non-hydrogen) atoms. The summed E-state index contributed by atoms with van der Waals surface area (Å²) in [5.74, 6) is 0.787. The van der Waals surface area contributed by atoms with Gasteiger partial charge in [-0.25, -0.2) is 4.99 Å². The summed E-state index contributed by atoms with van der Waals surface area (Å²) in [4.78, 5) is 4.62. The summed E-state index contributed by atoms with van der Waals surface area (Å²) >= 11 is 6.02. The summed E-state index contributed by atoms with van der Waals surface area (Å²) < 4.78 is 5.04. The molecule has 0 bridgehead atoms. The number of ether oxygens (including phenoxy) is 1. The zero-order chi connectivity index (χ0) is 18.6. The molecule has 0 amide bonds. The lowest BCUT2D eigenvalue weighted by Gasteiger charge is -2.12. The van der Waals surface area contributed by atoms with Crippen molar-refractivity contribution in [3.05, 3.63) is 64.7 Å². The van der Waals surface area contributed by atoms with E-state index < -0.39 is 0 Å². The highest BCUT2D eigenvalue weighted by atomic mass is 35.5. The summed E-state index contributed by atoms with van der Waals surface area (Å²) in [5, 5.41) is 10.7. The second-order valence-electron chi connectivity index (χ2n) is 5.80. The molecule has 2 aromatic carbocycles. The van der Waals surface area contributed by atoms with Crippen LogP contribution in [0.2, 0.25) is 5.02 Å². The first-order valence-electron chi connectivity index (χ1n) is 8.79. The van der Waals surface area contributed by atoms with E-state index in [0.29, 0.717) is 19.7 Å². The third-order valence-corrected chi connectivity index (χ3v) is 3.94. The Morgan fingerprint density at radius 3 is 2.58 bits per heavy atom. The summed E-state index contributed by atoms with van der Waals surface area (Å²) in [6.45, 7) is 5.64. The van der Waals surface area contributed by atoms with Crippen molar-refractivity contribution in [3.8, 4) is 0 Å². The number of benzene rings is 2. The summed E-state index contributed by atoms with van der Waals surface area (Å²) in [7, 11) is 1.70. The largest absolute Gasteiger partial charge is 0.383 e. The van der Waals surface area contributed by atoms with Crippen molar-refractivity contribution in [1.82, 2.24) is 10.6 Å². The Kier molecular flexibility index (Phi) is 8.79. The van der Waals surface area contributed by atoms with E-state index in [1.54, 1.807) is 7.11 Å². The highest BCUT2D eigenvalue weighted by Crippen LogP contribution is 2.11. The van der Waals surface area contributed by atoms with Gasteiger partial charge < -0.3 is 20.7 Å². The topological polar surface area (TPSA) is 57.7 Å². The lowest BCUT2D eigenvalue weighted by molar-refractivity contribution is 0.211. The van der Waals surface area contributed by atoms with Crippen molar-refractivity contribution in [3.63, 3.8) is 0 Å². The maximum atomic E-state index is 6.02. The number of methoxy groups -OCH3 is 1. The number of aliphatic imine (C=N–C) groups is 1. The molecule has 2 aromatic rings. The molecular weight excluding hydrogens is 348 g/mol. The van der Waals surface area contributed by atoms with E-state index in [2.05, 4.69) is 52.1 Å². The summed E-state index contributed by atoms with van der Waals surface area (Å²) in [5.41, 5.74) is 3.36. The summed E-state index contributed by atoms with van der Waals surface area (Å²) in [6.07, 6.45) is 0. The van der Waals surface area contributed by atoms with Crippen LogP contribution in [-0.4, -0.2) is 32.8 Å². The van der Waals surface area contributed by atoms with E-state index in [4.69, 9.17) is 16.3 Å². The van der Waals surface area contributed by atoms with Crippen LogP contribution in [0.25, 0.3) is 0 Å². The van der Waals surface area contributed by atoms with Crippen LogP contribution >= 0.6 is 11.6 Å². The van der Waals surface area contributed by atoms with E-state index in [9.17, 15) is 0 Å². The molecule has 0 aromatic heterocycles. The van der Waals surface area contributed by atoms with Crippen LogP contribution in [0, 0.1) is 0 Å². The van der Waals surface area contributed by atoms with Crippen LogP contribution in [0.4, 0.5) is 5.69 Å². The van der Waals surface area contributed by atoms with Gasteiger partial charge in [0.25, 0.3) is 0 Å². The molecule has 0 heterocycles. The fraction of sp³-hybridized carbons (Fsp3) is 0.350. The molecule has 6 heteroatoms. The van der Waals surface area contributed by atoms with Gasteiger partial charge in [0.15, 0.2) is 5.96 Å². The van der Waals surface area contributed by atoms with Crippen molar-refractivity contribution in [2.45, 2.75) is 20.0 Å². The van der Waals surface area contributed by atoms with E-state index in [1.165, 1.54) is 5.56 Å². The van der Waals surface area contributed by atoms with Gasteiger partial charge in [0.1, 0.15) is 0 Å². The molecule has 0 radical (unpaired) electrons. The third kappa shape index (κ3) is 7.33. The zero-order valence-electron chi connectivity index (χ0n) is 15.4. The molecule has 0 atom stereocenters. The average Bonchev–Trinajstić information content (AvgIpc) is 2.65. The molecule has 140 valence electrons. The van der Waals surface area contributed by atoms with Crippen molar-refractivity contribution < 1.29 is 4.74 Å². The van der Waals surface area contributed by atoms with Gasteiger partial charge in [-0.1, -0.05) is 35.9 Å². The summed E-state index contributed by atoms with van der Waals surface area (Å²) in [6, 6.07) is 16.1. The van der Waals surface area contributed by atoms with Crippen LogP contribution in [-0.2, 0) is 17.8 Å². The maximum absolute atomic E-state index is 6.02. The number of nitrogens with zero attached hydrogens (tertiary/aromatic N) is 1. The fourth-order valence-corrected chi connectivity index (χ4v) is 2.58. The van der Waals surface area contributed by atoms with E-state index in [0.717, 1.165) is 35.3 Å². The Bertz CT molecular complexity index is 688. The average molecular weight is 375 g/mol. The van der Waals surface area contributed by atoms with Crippen molar-refractivity contribution in [2.24, 2.45) is 4.99 Å². The number of hydrogen-bond donors (Lipinski definition) is 3. The third-order valence-electron chi connectivity index (χ3n) is 3.70. The van der Waals surface area contributed by atoms with Gasteiger partial charge in [0.05, 0.1) is 13.2 Å². The van der Waals surface area contributed by atoms with E-state index in [-0.39, 0.29) is 0 Å².